The van der Waals surface area contributed by atoms with Gasteiger partial charge in [-0.3, -0.25) is 9.59 Å². The first-order valence-corrected chi connectivity index (χ1v) is 10.8. The first kappa shape index (κ1) is 21.5. The van der Waals surface area contributed by atoms with Gasteiger partial charge in [0, 0.05) is 10.8 Å². The SMILES string of the molecule is CC[C@H](C)[C@H](O)C(=O)N[C@@H]1C(=O)N2[C@H](SC(C)(C)[C@H]2C)C(C)C(C)C1C. The summed E-state index contributed by atoms with van der Waals surface area (Å²) in [5.74, 6) is 0.0799. The maximum atomic E-state index is 13.4. The van der Waals surface area contributed by atoms with Gasteiger partial charge < -0.3 is 15.3 Å². The van der Waals surface area contributed by atoms with Crippen molar-refractivity contribution in [3.05, 3.63) is 0 Å². The fraction of sp³-hybridized carbons (Fsp3) is 0.900. The maximum absolute atomic E-state index is 13.4. The largest absolute Gasteiger partial charge is 0.383 e. The highest BCUT2D eigenvalue weighted by Gasteiger charge is 2.54. The van der Waals surface area contributed by atoms with Crippen LogP contribution in [-0.2, 0) is 9.59 Å². The second-order valence-corrected chi connectivity index (χ2v) is 10.7. The number of fused-ring (bicyclic) bond motifs is 1. The van der Waals surface area contributed by atoms with Crippen LogP contribution in [0.2, 0.25) is 0 Å². The normalized spacial score (nSPS) is 39.1. The number of rotatable bonds is 4. The fourth-order valence-corrected chi connectivity index (χ4v) is 5.84. The Kier molecular flexibility index (Phi) is 6.39. The second-order valence-electron chi connectivity index (χ2n) is 8.93. The first-order valence-electron chi connectivity index (χ1n) is 9.92. The molecule has 0 spiro atoms. The molecule has 2 amide bonds. The van der Waals surface area contributed by atoms with E-state index >= 15 is 0 Å². The van der Waals surface area contributed by atoms with Gasteiger partial charge in [0.05, 0.1) is 5.37 Å². The number of amides is 2. The summed E-state index contributed by atoms with van der Waals surface area (Å²) < 4.78 is -0.0142. The zero-order chi connectivity index (χ0) is 20.0. The minimum Gasteiger partial charge on any atom is -0.383 e. The van der Waals surface area contributed by atoms with Gasteiger partial charge in [-0.2, -0.15) is 0 Å². The minimum absolute atomic E-state index is 0.00558. The number of nitrogens with zero attached hydrogens (tertiary/aromatic N) is 1. The van der Waals surface area contributed by atoms with E-state index in [0.717, 1.165) is 0 Å². The van der Waals surface area contributed by atoms with Gasteiger partial charge in [0.25, 0.3) is 0 Å². The summed E-state index contributed by atoms with van der Waals surface area (Å²) in [5.41, 5.74) is 0. The van der Waals surface area contributed by atoms with E-state index in [4.69, 9.17) is 0 Å². The second kappa shape index (κ2) is 7.70. The number of nitrogens with one attached hydrogen (secondary N) is 1. The number of carbonyl (C=O) groups is 2. The third-order valence-corrected chi connectivity index (χ3v) is 8.87. The van der Waals surface area contributed by atoms with Crippen LogP contribution in [0.5, 0.6) is 0 Å². The van der Waals surface area contributed by atoms with Crippen molar-refractivity contribution in [1.29, 1.82) is 0 Å². The van der Waals surface area contributed by atoms with Crippen LogP contribution in [0, 0.1) is 23.7 Å². The molecule has 2 aliphatic rings. The summed E-state index contributed by atoms with van der Waals surface area (Å²) in [5, 5.41) is 13.3. The van der Waals surface area contributed by atoms with Crippen LogP contribution < -0.4 is 5.32 Å². The lowest BCUT2D eigenvalue weighted by atomic mass is 9.81. The van der Waals surface area contributed by atoms with Crippen molar-refractivity contribution in [2.75, 3.05) is 0 Å². The molecule has 6 heteroatoms. The topological polar surface area (TPSA) is 69.6 Å². The van der Waals surface area contributed by atoms with Crippen molar-refractivity contribution in [3.63, 3.8) is 0 Å². The highest BCUT2D eigenvalue weighted by molar-refractivity contribution is 8.01. The number of carbonyl (C=O) groups excluding carboxylic acids is 2. The van der Waals surface area contributed by atoms with Gasteiger partial charge in [-0.05, 0) is 44.4 Å². The van der Waals surface area contributed by atoms with Crippen LogP contribution >= 0.6 is 11.8 Å². The van der Waals surface area contributed by atoms with Crippen molar-refractivity contribution in [2.45, 2.75) is 90.1 Å². The average Bonchev–Trinajstić information content (AvgIpc) is 2.82. The molecular formula is C20H36N2O3S. The van der Waals surface area contributed by atoms with Gasteiger partial charge >= 0.3 is 0 Å². The Labute approximate surface area is 162 Å². The number of aliphatic hydroxyl groups is 1. The summed E-state index contributed by atoms with van der Waals surface area (Å²) in [6, 6.07) is -0.482. The van der Waals surface area contributed by atoms with Crippen molar-refractivity contribution in [3.8, 4) is 0 Å². The Balaban J connectivity index is 2.31. The van der Waals surface area contributed by atoms with Gasteiger partial charge in [-0.1, -0.05) is 41.0 Å². The lowest BCUT2D eigenvalue weighted by Crippen LogP contribution is -2.56. The van der Waals surface area contributed by atoms with Crippen molar-refractivity contribution in [2.24, 2.45) is 23.7 Å². The molecule has 3 unspecified atom stereocenters. The Hall–Kier alpha value is -0.750. The molecule has 2 saturated heterocycles. The standard InChI is InChI=1S/C20H36N2O3S/c1-9-10(2)16(23)17(24)21-15-12(4)11(3)13(5)19-22(18(15)25)14(6)20(7,8)26-19/h10-16,19,23H,9H2,1-8H3,(H,21,24)/t10-,11?,12?,13?,14+,15-,16-,19+/m0/s1. The molecule has 2 rings (SSSR count). The van der Waals surface area contributed by atoms with Crippen LogP contribution in [0.3, 0.4) is 0 Å². The molecule has 8 atom stereocenters. The summed E-state index contributed by atoms with van der Waals surface area (Å²) in [6.07, 6.45) is -0.361. The third-order valence-electron chi connectivity index (χ3n) is 7.03. The molecule has 26 heavy (non-hydrogen) atoms. The highest BCUT2D eigenvalue weighted by Crippen LogP contribution is 2.51. The molecule has 0 saturated carbocycles. The van der Waals surface area contributed by atoms with Gasteiger partial charge in [-0.15, -0.1) is 11.8 Å². The van der Waals surface area contributed by atoms with Crippen LogP contribution in [0.15, 0.2) is 0 Å². The monoisotopic (exact) mass is 384 g/mol. The first-order chi connectivity index (χ1) is 11.9. The molecule has 0 radical (unpaired) electrons. The summed E-state index contributed by atoms with van der Waals surface area (Å²) in [7, 11) is 0. The van der Waals surface area contributed by atoms with Crippen LogP contribution in [0.25, 0.3) is 0 Å². The van der Waals surface area contributed by atoms with E-state index in [1.807, 2.05) is 37.4 Å². The molecule has 0 aromatic heterocycles. The fourth-order valence-electron chi connectivity index (χ4n) is 4.04. The number of hydrogen-bond acceptors (Lipinski definition) is 4. The van der Waals surface area contributed by atoms with E-state index in [1.165, 1.54) is 0 Å². The predicted octanol–water partition coefficient (Wildman–Crippen LogP) is 2.87. The smallest absolute Gasteiger partial charge is 0.249 e. The number of hydrogen-bond donors (Lipinski definition) is 2. The molecule has 0 aromatic carbocycles. The highest BCUT2D eigenvalue weighted by atomic mass is 32.2. The van der Waals surface area contributed by atoms with E-state index in [1.54, 1.807) is 0 Å². The molecule has 2 aliphatic heterocycles. The molecule has 0 aliphatic carbocycles. The molecule has 5 nitrogen and oxygen atoms in total. The van der Waals surface area contributed by atoms with Gasteiger partial charge in [0.1, 0.15) is 12.1 Å². The maximum Gasteiger partial charge on any atom is 0.249 e. The molecule has 0 aromatic rings. The van der Waals surface area contributed by atoms with E-state index < -0.39 is 18.1 Å². The molecule has 2 N–H and O–H groups in total. The molecule has 150 valence electrons. The zero-order valence-electron chi connectivity index (χ0n) is 17.4. The molecule has 2 heterocycles. The van der Waals surface area contributed by atoms with Crippen molar-refractivity contribution in [1.82, 2.24) is 10.2 Å². The van der Waals surface area contributed by atoms with Crippen LogP contribution in [-0.4, -0.2) is 50.1 Å². The lowest BCUT2D eigenvalue weighted by molar-refractivity contribution is -0.142. The summed E-state index contributed by atoms with van der Waals surface area (Å²) in [4.78, 5) is 28.0. The third kappa shape index (κ3) is 3.64. The van der Waals surface area contributed by atoms with E-state index in [9.17, 15) is 14.7 Å². The number of aliphatic hydroxyl groups excluding tert-OH is 1. The molecular weight excluding hydrogens is 348 g/mol. The van der Waals surface area contributed by atoms with Gasteiger partial charge in [0.15, 0.2) is 0 Å². The summed E-state index contributed by atoms with van der Waals surface area (Å²) >= 11 is 1.87. The average molecular weight is 385 g/mol. The molecule has 2 fully saturated rings. The van der Waals surface area contributed by atoms with Crippen LogP contribution in [0.1, 0.15) is 61.8 Å². The van der Waals surface area contributed by atoms with Gasteiger partial charge in [-0.25, -0.2) is 0 Å². The van der Waals surface area contributed by atoms with Crippen LogP contribution in [0.4, 0.5) is 0 Å². The van der Waals surface area contributed by atoms with Gasteiger partial charge in [0.2, 0.25) is 11.8 Å². The number of thioether (sulfide) groups is 1. The minimum atomic E-state index is -1.08. The van der Waals surface area contributed by atoms with E-state index in [2.05, 4.69) is 39.9 Å². The van der Waals surface area contributed by atoms with E-state index in [-0.39, 0.29) is 39.8 Å². The van der Waals surface area contributed by atoms with Crippen molar-refractivity contribution >= 4 is 23.6 Å². The van der Waals surface area contributed by atoms with Crippen molar-refractivity contribution < 1.29 is 14.7 Å². The quantitative estimate of drug-likeness (QED) is 0.782. The Bertz CT molecular complexity index is 553. The van der Waals surface area contributed by atoms with E-state index in [0.29, 0.717) is 12.3 Å². The summed E-state index contributed by atoms with van der Waals surface area (Å²) in [6.45, 7) is 16.7. The Morgan fingerprint density at radius 2 is 1.81 bits per heavy atom. The predicted molar refractivity (Wildman–Crippen MR) is 107 cm³/mol. The molecule has 0 bridgehead atoms. The Morgan fingerprint density at radius 1 is 1.23 bits per heavy atom. The Morgan fingerprint density at radius 3 is 2.35 bits per heavy atom. The zero-order valence-corrected chi connectivity index (χ0v) is 18.3. The lowest BCUT2D eigenvalue weighted by Gasteiger charge is -2.33.